The second kappa shape index (κ2) is 8.48. The van der Waals surface area contributed by atoms with Crippen LogP contribution in [0, 0.1) is 0 Å². The number of carbonyl (C=O) groups is 1. The molecule has 0 aliphatic rings. The highest BCUT2D eigenvalue weighted by Crippen LogP contribution is 2.16. The van der Waals surface area contributed by atoms with Crippen LogP contribution in [0.15, 0.2) is 36.9 Å². The quantitative estimate of drug-likeness (QED) is 0.698. The summed E-state index contributed by atoms with van der Waals surface area (Å²) in [5.74, 6) is 0.979. The Labute approximate surface area is 137 Å². The van der Waals surface area contributed by atoms with Gasteiger partial charge in [0, 0.05) is 25.9 Å². The monoisotopic (exact) mass is 315 g/mol. The van der Waals surface area contributed by atoms with Crippen molar-refractivity contribution in [3.8, 4) is 0 Å². The van der Waals surface area contributed by atoms with Crippen molar-refractivity contribution in [2.75, 3.05) is 6.54 Å². The Hall–Kier alpha value is -2.14. The number of aliphatic hydroxyl groups is 1. The number of aromatic nitrogens is 2. The van der Waals surface area contributed by atoms with Crippen LogP contribution in [0.25, 0.3) is 11.0 Å². The van der Waals surface area contributed by atoms with Gasteiger partial charge in [-0.15, -0.1) is 6.58 Å². The molecule has 0 radical (unpaired) electrons. The fourth-order valence-electron chi connectivity index (χ4n) is 2.61. The normalized spacial score (nSPS) is 12.3. The van der Waals surface area contributed by atoms with Crippen LogP contribution in [0.4, 0.5) is 0 Å². The summed E-state index contributed by atoms with van der Waals surface area (Å²) >= 11 is 0. The third-order valence-corrected chi connectivity index (χ3v) is 3.74. The maximum atomic E-state index is 11.8. The average Bonchev–Trinajstić information content (AvgIpc) is 2.85. The molecule has 0 aliphatic heterocycles. The lowest BCUT2D eigenvalue weighted by Crippen LogP contribution is -2.26. The molecule has 5 heteroatoms. The van der Waals surface area contributed by atoms with E-state index in [1.54, 1.807) is 6.92 Å². The minimum Gasteiger partial charge on any atom is -0.393 e. The Morgan fingerprint density at radius 1 is 1.48 bits per heavy atom. The molecule has 0 fully saturated rings. The first-order chi connectivity index (χ1) is 11.1. The van der Waals surface area contributed by atoms with Crippen molar-refractivity contribution in [2.45, 2.75) is 45.3 Å². The molecule has 0 aliphatic carbocycles. The zero-order valence-corrected chi connectivity index (χ0v) is 13.7. The molecule has 1 amide bonds. The van der Waals surface area contributed by atoms with Crippen LogP contribution >= 0.6 is 0 Å². The zero-order chi connectivity index (χ0) is 16.7. The molecule has 2 N–H and O–H groups in total. The molecule has 1 heterocycles. The molecule has 2 rings (SSSR count). The van der Waals surface area contributed by atoms with E-state index in [1.807, 2.05) is 30.3 Å². The van der Waals surface area contributed by atoms with E-state index in [1.165, 1.54) is 0 Å². The molecule has 2 aromatic rings. The molecule has 1 atom stereocenters. The third kappa shape index (κ3) is 4.93. The SMILES string of the molecule is C=CCn1c(CCNC(=O)CCC[C@H](C)O)nc2ccccc21. The molecule has 23 heavy (non-hydrogen) atoms. The van der Waals surface area contributed by atoms with E-state index in [2.05, 4.69) is 21.4 Å². The van der Waals surface area contributed by atoms with E-state index < -0.39 is 0 Å². The summed E-state index contributed by atoms with van der Waals surface area (Å²) in [6, 6.07) is 8.01. The van der Waals surface area contributed by atoms with Crippen LogP contribution in [0.3, 0.4) is 0 Å². The first kappa shape index (κ1) is 17.2. The van der Waals surface area contributed by atoms with Gasteiger partial charge in [0.1, 0.15) is 5.82 Å². The average molecular weight is 315 g/mol. The molecule has 1 aromatic carbocycles. The summed E-state index contributed by atoms with van der Waals surface area (Å²) in [6.45, 7) is 6.81. The number of fused-ring (bicyclic) bond motifs is 1. The lowest BCUT2D eigenvalue weighted by atomic mass is 10.1. The summed E-state index contributed by atoms with van der Waals surface area (Å²) in [6.07, 6.45) is 4.01. The Bertz CT molecular complexity index is 661. The predicted molar refractivity (Wildman–Crippen MR) is 92.2 cm³/mol. The summed E-state index contributed by atoms with van der Waals surface area (Å²) < 4.78 is 2.13. The number of rotatable bonds is 9. The zero-order valence-electron chi connectivity index (χ0n) is 13.7. The van der Waals surface area contributed by atoms with Gasteiger partial charge in [-0.25, -0.2) is 4.98 Å². The largest absolute Gasteiger partial charge is 0.393 e. The topological polar surface area (TPSA) is 67.2 Å². The molecule has 124 valence electrons. The molecule has 0 spiro atoms. The third-order valence-electron chi connectivity index (χ3n) is 3.74. The number of allylic oxidation sites excluding steroid dienone is 1. The Balaban J connectivity index is 1.90. The van der Waals surface area contributed by atoms with Crippen molar-refractivity contribution in [2.24, 2.45) is 0 Å². The lowest BCUT2D eigenvalue weighted by Gasteiger charge is -2.08. The number of hydrogen-bond acceptors (Lipinski definition) is 3. The Morgan fingerprint density at radius 3 is 3.00 bits per heavy atom. The van der Waals surface area contributed by atoms with E-state index in [9.17, 15) is 9.90 Å². The number of para-hydroxylation sites is 2. The highest BCUT2D eigenvalue weighted by molar-refractivity contribution is 5.76. The molecule has 5 nitrogen and oxygen atoms in total. The molecule has 0 saturated carbocycles. The van der Waals surface area contributed by atoms with Crippen molar-refractivity contribution in [3.63, 3.8) is 0 Å². The number of amides is 1. The number of aliphatic hydroxyl groups excluding tert-OH is 1. The van der Waals surface area contributed by atoms with Gasteiger partial charge in [0.2, 0.25) is 5.91 Å². The van der Waals surface area contributed by atoms with Gasteiger partial charge in [-0.3, -0.25) is 4.79 Å². The summed E-state index contributed by atoms with van der Waals surface area (Å²) in [5, 5.41) is 12.1. The molecule has 0 unspecified atom stereocenters. The van der Waals surface area contributed by atoms with E-state index in [0.717, 1.165) is 16.9 Å². The van der Waals surface area contributed by atoms with Crippen molar-refractivity contribution < 1.29 is 9.90 Å². The Morgan fingerprint density at radius 2 is 2.26 bits per heavy atom. The molecular weight excluding hydrogens is 290 g/mol. The predicted octanol–water partition coefficient (Wildman–Crippen LogP) is 2.43. The van der Waals surface area contributed by atoms with Crippen molar-refractivity contribution in [1.82, 2.24) is 14.9 Å². The van der Waals surface area contributed by atoms with E-state index in [4.69, 9.17) is 0 Å². The van der Waals surface area contributed by atoms with Crippen molar-refractivity contribution in [1.29, 1.82) is 0 Å². The van der Waals surface area contributed by atoms with E-state index in [0.29, 0.717) is 38.8 Å². The molecular formula is C18H25N3O2. The van der Waals surface area contributed by atoms with Crippen LogP contribution in [0.5, 0.6) is 0 Å². The number of imidazole rings is 1. The lowest BCUT2D eigenvalue weighted by molar-refractivity contribution is -0.121. The van der Waals surface area contributed by atoms with Gasteiger partial charge in [-0.1, -0.05) is 18.2 Å². The second-order valence-corrected chi connectivity index (χ2v) is 5.76. The maximum absolute atomic E-state index is 11.8. The smallest absolute Gasteiger partial charge is 0.220 e. The molecule has 0 saturated heterocycles. The van der Waals surface area contributed by atoms with Crippen LogP contribution in [0.2, 0.25) is 0 Å². The number of nitrogens with zero attached hydrogens (tertiary/aromatic N) is 2. The van der Waals surface area contributed by atoms with Crippen molar-refractivity contribution in [3.05, 3.63) is 42.7 Å². The van der Waals surface area contributed by atoms with Gasteiger partial charge >= 0.3 is 0 Å². The minimum atomic E-state index is -0.346. The van der Waals surface area contributed by atoms with Crippen LogP contribution < -0.4 is 5.32 Å². The highest BCUT2D eigenvalue weighted by Gasteiger charge is 2.09. The number of hydrogen-bond donors (Lipinski definition) is 2. The first-order valence-corrected chi connectivity index (χ1v) is 8.11. The molecule has 0 bridgehead atoms. The first-order valence-electron chi connectivity index (χ1n) is 8.11. The number of benzene rings is 1. The summed E-state index contributed by atoms with van der Waals surface area (Å²) in [5.41, 5.74) is 2.05. The van der Waals surface area contributed by atoms with Gasteiger partial charge in [0.05, 0.1) is 17.1 Å². The summed E-state index contributed by atoms with van der Waals surface area (Å²) in [4.78, 5) is 16.4. The minimum absolute atomic E-state index is 0.0250. The van der Waals surface area contributed by atoms with Gasteiger partial charge in [0.25, 0.3) is 0 Å². The number of nitrogens with one attached hydrogen (secondary N) is 1. The highest BCUT2D eigenvalue weighted by atomic mass is 16.3. The molecule has 1 aromatic heterocycles. The van der Waals surface area contributed by atoms with Gasteiger partial charge in [0.15, 0.2) is 0 Å². The fraction of sp³-hybridized carbons (Fsp3) is 0.444. The Kier molecular flexibility index (Phi) is 6.35. The van der Waals surface area contributed by atoms with Crippen molar-refractivity contribution >= 4 is 16.9 Å². The fourth-order valence-corrected chi connectivity index (χ4v) is 2.61. The standard InChI is InChI=1S/C18H25N3O2/c1-3-13-21-16-9-5-4-8-15(16)20-17(21)11-12-19-18(23)10-6-7-14(2)22/h3-5,8-9,14,22H,1,6-7,10-13H2,2H3,(H,19,23)/t14-/m0/s1. The summed E-state index contributed by atoms with van der Waals surface area (Å²) in [7, 11) is 0. The maximum Gasteiger partial charge on any atom is 0.220 e. The van der Waals surface area contributed by atoms with Crippen LogP contribution in [-0.2, 0) is 17.8 Å². The van der Waals surface area contributed by atoms with Gasteiger partial charge in [-0.2, -0.15) is 0 Å². The van der Waals surface area contributed by atoms with Gasteiger partial charge < -0.3 is 15.0 Å². The van der Waals surface area contributed by atoms with Crippen LogP contribution in [0.1, 0.15) is 32.0 Å². The number of carbonyl (C=O) groups excluding carboxylic acids is 1. The van der Waals surface area contributed by atoms with Crippen LogP contribution in [-0.4, -0.2) is 33.2 Å². The second-order valence-electron chi connectivity index (χ2n) is 5.76. The van der Waals surface area contributed by atoms with E-state index >= 15 is 0 Å². The van der Waals surface area contributed by atoms with E-state index in [-0.39, 0.29) is 12.0 Å². The van der Waals surface area contributed by atoms with Gasteiger partial charge in [-0.05, 0) is 31.9 Å².